The predicted octanol–water partition coefficient (Wildman–Crippen LogP) is 2.85. The molecule has 6 heteroatoms. The molecule has 3 rings (SSSR count). The molecule has 0 saturated heterocycles. The SMILES string of the molecule is O=C(/C=C/c1ccco1)C[C@@]1(O)C(=O)Nc2ccc(Br)cc21. The van der Waals surface area contributed by atoms with Crippen molar-refractivity contribution in [2.24, 2.45) is 0 Å². The van der Waals surface area contributed by atoms with Gasteiger partial charge in [0.2, 0.25) is 0 Å². The first kappa shape index (κ1) is 14.7. The maximum atomic E-state index is 12.1. The number of anilines is 1. The van der Waals surface area contributed by atoms with Gasteiger partial charge < -0.3 is 14.8 Å². The number of amides is 1. The van der Waals surface area contributed by atoms with E-state index in [4.69, 9.17) is 4.42 Å². The van der Waals surface area contributed by atoms with E-state index in [9.17, 15) is 14.7 Å². The van der Waals surface area contributed by atoms with Crippen molar-refractivity contribution in [2.75, 3.05) is 5.32 Å². The number of carbonyl (C=O) groups is 2. The molecule has 0 radical (unpaired) electrons. The summed E-state index contributed by atoms with van der Waals surface area (Å²) < 4.78 is 5.81. The molecule has 2 aromatic rings. The Bertz CT molecular complexity index is 766. The molecule has 2 heterocycles. The average molecular weight is 362 g/mol. The minimum Gasteiger partial charge on any atom is -0.465 e. The summed E-state index contributed by atoms with van der Waals surface area (Å²) in [7, 11) is 0. The number of furan rings is 1. The van der Waals surface area contributed by atoms with Crippen molar-refractivity contribution in [3.63, 3.8) is 0 Å². The Morgan fingerprint density at radius 3 is 2.95 bits per heavy atom. The molecule has 0 unspecified atom stereocenters. The van der Waals surface area contributed by atoms with Crippen LogP contribution >= 0.6 is 15.9 Å². The number of hydrogen-bond acceptors (Lipinski definition) is 4. The van der Waals surface area contributed by atoms with Crippen molar-refractivity contribution in [1.82, 2.24) is 0 Å². The van der Waals surface area contributed by atoms with Crippen LogP contribution < -0.4 is 5.32 Å². The van der Waals surface area contributed by atoms with Gasteiger partial charge in [-0.25, -0.2) is 0 Å². The highest BCUT2D eigenvalue weighted by molar-refractivity contribution is 9.10. The summed E-state index contributed by atoms with van der Waals surface area (Å²) in [6, 6.07) is 8.47. The first-order valence-electron chi connectivity index (χ1n) is 6.57. The van der Waals surface area contributed by atoms with Gasteiger partial charge in [-0.2, -0.15) is 0 Å². The van der Waals surface area contributed by atoms with E-state index >= 15 is 0 Å². The van der Waals surface area contributed by atoms with Crippen LogP contribution in [0, 0.1) is 0 Å². The zero-order chi connectivity index (χ0) is 15.7. The molecule has 0 bridgehead atoms. The summed E-state index contributed by atoms with van der Waals surface area (Å²) in [6.45, 7) is 0. The summed E-state index contributed by atoms with van der Waals surface area (Å²) in [5.74, 6) is -0.443. The number of benzene rings is 1. The normalized spacial score (nSPS) is 20.2. The molecule has 5 nitrogen and oxygen atoms in total. The fourth-order valence-corrected chi connectivity index (χ4v) is 2.72. The van der Waals surface area contributed by atoms with E-state index < -0.39 is 11.5 Å². The van der Waals surface area contributed by atoms with Gasteiger partial charge in [-0.15, -0.1) is 0 Å². The Labute approximate surface area is 134 Å². The molecule has 112 valence electrons. The lowest BCUT2D eigenvalue weighted by Gasteiger charge is -2.19. The first-order valence-corrected chi connectivity index (χ1v) is 7.36. The summed E-state index contributed by atoms with van der Waals surface area (Å²) in [5, 5.41) is 13.2. The summed E-state index contributed by atoms with van der Waals surface area (Å²) in [6.07, 6.45) is 3.95. The standard InChI is InChI=1S/C16H12BrNO4/c17-10-3-6-14-13(8-10)16(21,15(20)18-14)9-11(19)4-5-12-2-1-7-22-12/h1-8,21H,9H2,(H,18,20)/b5-4+/t16-/m0/s1. The van der Waals surface area contributed by atoms with Crippen LogP contribution in [0.25, 0.3) is 6.08 Å². The first-order chi connectivity index (χ1) is 10.5. The van der Waals surface area contributed by atoms with Crippen molar-refractivity contribution in [2.45, 2.75) is 12.0 Å². The van der Waals surface area contributed by atoms with Gasteiger partial charge in [0.05, 0.1) is 12.7 Å². The minimum atomic E-state index is -1.86. The second-order valence-electron chi connectivity index (χ2n) is 5.00. The van der Waals surface area contributed by atoms with Gasteiger partial charge in [0, 0.05) is 15.7 Å². The van der Waals surface area contributed by atoms with Crippen LogP contribution in [0.3, 0.4) is 0 Å². The maximum absolute atomic E-state index is 12.1. The van der Waals surface area contributed by atoms with Crippen molar-refractivity contribution in [1.29, 1.82) is 0 Å². The smallest absolute Gasteiger partial charge is 0.261 e. The summed E-state index contributed by atoms with van der Waals surface area (Å²) in [4.78, 5) is 24.1. The van der Waals surface area contributed by atoms with Crippen LogP contribution in [0.4, 0.5) is 5.69 Å². The molecule has 1 aromatic carbocycles. The molecule has 1 aromatic heterocycles. The molecular weight excluding hydrogens is 350 g/mol. The topological polar surface area (TPSA) is 79.5 Å². The van der Waals surface area contributed by atoms with Gasteiger partial charge in [-0.1, -0.05) is 15.9 Å². The Morgan fingerprint density at radius 2 is 2.23 bits per heavy atom. The van der Waals surface area contributed by atoms with Crippen LogP contribution in [0.5, 0.6) is 0 Å². The van der Waals surface area contributed by atoms with Crippen LogP contribution in [0.1, 0.15) is 17.7 Å². The molecule has 0 spiro atoms. The third kappa shape index (κ3) is 2.63. The zero-order valence-corrected chi connectivity index (χ0v) is 13.0. The van der Waals surface area contributed by atoms with E-state index in [1.54, 1.807) is 30.3 Å². The number of fused-ring (bicyclic) bond motifs is 1. The lowest BCUT2D eigenvalue weighted by atomic mass is 9.90. The Kier molecular flexibility index (Phi) is 3.72. The van der Waals surface area contributed by atoms with Crippen molar-refractivity contribution in [3.05, 3.63) is 58.5 Å². The third-order valence-corrected chi connectivity index (χ3v) is 3.95. The highest BCUT2D eigenvalue weighted by atomic mass is 79.9. The minimum absolute atomic E-state index is 0.334. The quantitative estimate of drug-likeness (QED) is 0.820. The third-order valence-electron chi connectivity index (χ3n) is 3.46. The number of halogens is 1. The molecule has 0 aliphatic carbocycles. The average Bonchev–Trinajstić information content (AvgIpc) is 3.06. The van der Waals surface area contributed by atoms with Gasteiger partial charge in [0.15, 0.2) is 11.4 Å². The van der Waals surface area contributed by atoms with Crippen LogP contribution in [0.15, 0.2) is 51.6 Å². The number of allylic oxidation sites excluding steroid dienone is 1. The van der Waals surface area contributed by atoms with Gasteiger partial charge in [0.1, 0.15) is 5.76 Å². The second-order valence-corrected chi connectivity index (χ2v) is 5.91. The van der Waals surface area contributed by atoms with Crippen molar-refractivity contribution < 1.29 is 19.1 Å². The number of nitrogens with one attached hydrogen (secondary N) is 1. The molecule has 1 atom stereocenters. The number of ketones is 1. The molecular formula is C16H12BrNO4. The molecule has 0 saturated carbocycles. The molecule has 1 aliphatic heterocycles. The van der Waals surface area contributed by atoms with Crippen molar-refractivity contribution >= 4 is 39.4 Å². The summed E-state index contributed by atoms with van der Waals surface area (Å²) in [5.41, 5.74) is -0.950. The molecule has 22 heavy (non-hydrogen) atoms. The van der Waals surface area contributed by atoms with E-state index in [1.165, 1.54) is 18.4 Å². The lowest BCUT2D eigenvalue weighted by molar-refractivity contribution is -0.138. The Hall–Kier alpha value is -2.18. The maximum Gasteiger partial charge on any atom is 0.261 e. The van der Waals surface area contributed by atoms with Crippen molar-refractivity contribution in [3.8, 4) is 0 Å². The van der Waals surface area contributed by atoms with Gasteiger partial charge in [-0.3, -0.25) is 9.59 Å². The Morgan fingerprint density at radius 1 is 1.41 bits per heavy atom. The number of rotatable bonds is 4. The van der Waals surface area contributed by atoms with Crippen LogP contribution in [-0.4, -0.2) is 16.8 Å². The van der Waals surface area contributed by atoms with Crippen LogP contribution in [0.2, 0.25) is 0 Å². The number of aliphatic hydroxyl groups is 1. The predicted molar refractivity (Wildman–Crippen MR) is 84.0 cm³/mol. The number of hydrogen-bond donors (Lipinski definition) is 2. The molecule has 1 aliphatic rings. The van der Waals surface area contributed by atoms with Gasteiger partial charge in [0.25, 0.3) is 5.91 Å². The van der Waals surface area contributed by atoms with Gasteiger partial charge >= 0.3 is 0 Å². The van der Waals surface area contributed by atoms with Crippen LogP contribution in [-0.2, 0) is 15.2 Å². The fraction of sp³-hybridized carbons (Fsp3) is 0.125. The van der Waals surface area contributed by atoms with E-state index in [1.807, 2.05) is 0 Å². The second kappa shape index (κ2) is 5.55. The summed E-state index contributed by atoms with van der Waals surface area (Å²) >= 11 is 3.30. The Balaban J connectivity index is 1.83. The van der Waals surface area contributed by atoms with E-state index in [0.29, 0.717) is 17.0 Å². The van der Waals surface area contributed by atoms with E-state index in [-0.39, 0.29) is 12.2 Å². The molecule has 1 amide bonds. The molecule has 0 fully saturated rings. The number of carbonyl (C=O) groups excluding carboxylic acids is 2. The van der Waals surface area contributed by atoms with E-state index in [2.05, 4.69) is 21.2 Å². The molecule has 2 N–H and O–H groups in total. The van der Waals surface area contributed by atoms with E-state index in [0.717, 1.165) is 4.47 Å². The fourth-order valence-electron chi connectivity index (χ4n) is 2.36. The monoisotopic (exact) mass is 361 g/mol. The lowest BCUT2D eigenvalue weighted by Crippen LogP contribution is -2.36. The highest BCUT2D eigenvalue weighted by Crippen LogP contribution is 2.39. The zero-order valence-electron chi connectivity index (χ0n) is 11.4. The largest absolute Gasteiger partial charge is 0.465 e. The highest BCUT2D eigenvalue weighted by Gasteiger charge is 2.46. The van der Waals surface area contributed by atoms with Gasteiger partial charge in [-0.05, 0) is 42.5 Å².